The third-order valence-corrected chi connectivity index (χ3v) is 3.45. The van der Waals surface area contributed by atoms with E-state index in [1.807, 2.05) is 19.2 Å². The molecule has 0 aliphatic carbocycles. The van der Waals surface area contributed by atoms with Crippen molar-refractivity contribution in [2.24, 2.45) is 5.73 Å². The number of amides is 1. The average molecular weight is 352 g/mol. The van der Waals surface area contributed by atoms with Crippen LogP contribution in [-0.4, -0.2) is 33.3 Å². The Morgan fingerprint density at radius 2 is 2.29 bits per heavy atom. The molecule has 2 aromatic rings. The summed E-state index contributed by atoms with van der Waals surface area (Å²) in [6.45, 7) is 3.12. The lowest BCUT2D eigenvalue weighted by molar-refractivity contribution is 0.0931. The summed E-state index contributed by atoms with van der Waals surface area (Å²) in [5.41, 5.74) is 5.92. The van der Waals surface area contributed by atoms with Crippen molar-refractivity contribution < 1.29 is 4.79 Å². The van der Waals surface area contributed by atoms with E-state index in [9.17, 15) is 4.79 Å². The average Bonchev–Trinajstić information content (AvgIpc) is 3.00. The van der Waals surface area contributed by atoms with Gasteiger partial charge in [0.15, 0.2) is 0 Å². The highest BCUT2D eigenvalue weighted by Gasteiger charge is 2.13. The number of nitrogens with one attached hydrogen (secondary N) is 1. The first-order valence-electron chi connectivity index (χ1n) is 6.12. The van der Waals surface area contributed by atoms with E-state index in [0.717, 1.165) is 5.01 Å². The molecule has 1 amide bonds. The molecule has 0 fully saturated rings. The van der Waals surface area contributed by atoms with Crippen LogP contribution in [-0.2, 0) is 13.0 Å². The summed E-state index contributed by atoms with van der Waals surface area (Å²) in [5, 5.41) is 9.67. The Bertz CT molecular complexity index is 531. The smallest absolute Gasteiger partial charge is 0.271 e. The van der Waals surface area contributed by atoms with Gasteiger partial charge < -0.3 is 11.1 Å². The van der Waals surface area contributed by atoms with Crippen LogP contribution in [0.4, 0.5) is 0 Å². The molecule has 3 N–H and O–H groups in total. The fraction of sp³-hybridized carbons (Fsp3) is 0.417. The van der Waals surface area contributed by atoms with E-state index in [0.29, 0.717) is 25.2 Å². The van der Waals surface area contributed by atoms with E-state index in [1.165, 1.54) is 11.3 Å². The van der Waals surface area contributed by atoms with Gasteiger partial charge >= 0.3 is 0 Å². The minimum absolute atomic E-state index is 0. The summed E-state index contributed by atoms with van der Waals surface area (Å²) in [4.78, 5) is 16.2. The van der Waals surface area contributed by atoms with Crippen molar-refractivity contribution in [1.82, 2.24) is 20.1 Å². The summed E-state index contributed by atoms with van der Waals surface area (Å²) in [5.74, 6) is -0.154. The standard InChI is InChI=1S/C12H17N5OS.2ClH/c1-9(7-17-6-2-5-14-17)15-12(18)10-8-19-11(16-10)3-4-13;;/h2,5-6,8-9H,3-4,7,13H2,1H3,(H,15,18);2*1H. The Balaban J connectivity index is 0.00000200. The molecule has 0 aliphatic rings. The van der Waals surface area contributed by atoms with E-state index in [2.05, 4.69) is 15.4 Å². The quantitative estimate of drug-likeness (QED) is 0.825. The SMILES string of the molecule is CC(Cn1cccn1)NC(=O)c1csc(CCN)n1.Cl.Cl. The monoisotopic (exact) mass is 351 g/mol. The molecular formula is C12H19Cl2N5OS. The van der Waals surface area contributed by atoms with Crippen molar-refractivity contribution in [1.29, 1.82) is 0 Å². The minimum atomic E-state index is -0.154. The van der Waals surface area contributed by atoms with Crippen LogP contribution in [0.5, 0.6) is 0 Å². The molecule has 0 spiro atoms. The maximum atomic E-state index is 12.0. The van der Waals surface area contributed by atoms with Crippen molar-refractivity contribution >= 4 is 42.1 Å². The number of hydrogen-bond donors (Lipinski definition) is 2. The molecular weight excluding hydrogens is 333 g/mol. The highest BCUT2D eigenvalue weighted by atomic mass is 35.5. The molecule has 2 heterocycles. The van der Waals surface area contributed by atoms with Crippen molar-refractivity contribution in [2.75, 3.05) is 6.54 Å². The summed E-state index contributed by atoms with van der Waals surface area (Å²) < 4.78 is 1.78. The maximum Gasteiger partial charge on any atom is 0.271 e. The highest BCUT2D eigenvalue weighted by molar-refractivity contribution is 7.09. The molecule has 0 bridgehead atoms. The Morgan fingerprint density at radius 3 is 2.90 bits per heavy atom. The third kappa shape index (κ3) is 6.01. The Morgan fingerprint density at radius 1 is 1.52 bits per heavy atom. The largest absolute Gasteiger partial charge is 0.346 e. The highest BCUT2D eigenvalue weighted by Crippen LogP contribution is 2.10. The van der Waals surface area contributed by atoms with Crippen LogP contribution >= 0.6 is 36.2 Å². The number of nitrogens with two attached hydrogens (primary N) is 1. The molecule has 0 aliphatic heterocycles. The van der Waals surface area contributed by atoms with Crippen LogP contribution in [0.3, 0.4) is 0 Å². The zero-order valence-corrected chi connectivity index (χ0v) is 14.0. The molecule has 0 radical (unpaired) electrons. The number of hydrogen-bond acceptors (Lipinski definition) is 5. The number of carbonyl (C=O) groups is 1. The number of aromatic nitrogens is 3. The molecule has 118 valence electrons. The zero-order chi connectivity index (χ0) is 13.7. The number of rotatable bonds is 6. The second-order valence-electron chi connectivity index (χ2n) is 4.27. The van der Waals surface area contributed by atoms with Crippen LogP contribution in [0.2, 0.25) is 0 Å². The third-order valence-electron chi connectivity index (χ3n) is 2.54. The lowest BCUT2D eigenvalue weighted by atomic mass is 10.3. The van der Waals surface area contributed by atoms with Gasteiger partial charge in [0, 0.05) is 30.2 Å². The first kappa shape index (κ1) is 19.9. The van der Waals surface area contributed by atoms with E-state index in [4.69, 9.17) is 5.73 Å². The van der Waals surface area contributed by atoms with Gasteiger partial charge in [0.2, 0.25) is 0 Å². The molecule has 0 saturated heterocycles. The number of carbonyl (C=O) groups excluding carboxylic acids is 1. The van der Waals surface area contributed by atoms with Crippen molar-refractivity contribution in [3.63, 3.8) is 0 Å². The Kier molecular flexibility index (Phi) is 9.19. The first-order valence-corrected chi connectivity index (χ1v) is 6.99. The van der Waals surface area contributed by atoms with Gasteiger partial charge in [0.05, 0.1) is 11.6 Å². The van der Waals surface area contributed by atoms with Gasteiger partial charge in [-0.05, 0) is 19.5 Å². The summed E-state index contributed by atoms with van der Waals surface area (Å²) in [7, 11) is 0. The van der Waals surface area contributed by atoms with E-state index in [-0.39, 0.29) is 36.8 Å². The summed E-state index contributed by atoms with van der Waals surface area (Å²) in [6.07, 6.45) is 4.29. The molecule has 6 nitrogen and oxygen atoms in total. The molecule has 1 atom stereocenters. The molecule has 21 heavy (non-hydrogen) atoms. The van der Waals surface area contributed by atoms with Crippen LogP contribution in [0, 0.1) is 0 Å². The predicted octanol–water partition coefficient (Wildman–Crippen LogP) is 1.50. The van der Waals surface area contributed by atoms with Gasteiger partial charge in [-0.3, -0.25) is 9.48 Å². The number of thiazole rings is 1. The van der Waals surface area contributed by atoms with Crippen LogP contribution < -0.4 is 11.1 Å². The van der Waals surface area contributed by atoms with Crippen molar-refractivity contribution in [2.45, 2.75) is 25.9 Å². The van der Waals surface area contributed by atoms with Gasteiger partial charge in [-0.2, -0.15) is 5.10 Å². The van der Waals surface area contributed by atoms with E-state index >= 15 is 0 Å². The normalized spacial score (nSPS) is 11.1. The number of halogens is 2. The Labute approximate surface area is 140 Å². The van der Waals surface area contributed by atoms with E-state index < -0.39 is 0 Å². The molecule has 1 unspecified atom stereocenters. The number of nitrogens with zero attached hydrogens (tertiary/aromatic N) is 3. The summed E-state index contributed by atoms with van der Waals surface area (Å²) >= 11 is 1.47. The molecule has 0 saturated carbocycles. The van der Waals surface area contributed by atoms with Crippen LogP contribution in [0.25, 0.3) is 0 Å². The zero-order valence-electron chi connectivity index (χ0n) is 11.6. The topological polar surface area (TPSA) is 85.8 Å². The lowest BCUT2D eigenvalue weighted by Gasteiger charge is -2.12. The molecule has 2 aromatic heterocycles. The predicted molar refractivity (Wildman–Crippen MR) is 88.5 cm³/mol. The van der Waals surface area contributed by atoms with Gasteiger partial charge in [-0.15, -0.1) is 36.2 Å². The first-order chi connectivity index (χ1) is 9.19. The second kappa shape index (κ2) is 9.73. The van der Waals surface area contributed by atoms with Gasteiger partial charge in [-0.1, -0.05) is 0 Å². The lowest BCUT2D eigenvalue weighted by Crippen LogP contribution is -2.36. The fourth-order valence-electron chi connectivity index (χ4n) is 1.69. The van der Waals surface area contributed by atoms with Gasteiger partial charge in [-0.25, -0.2) is 4.98 Å². The fourth-order valence-corrected chi connectivity index (χ4v) is 2.48. The summed E-state index contributed by atoms with van der Waals surface area (Å²) in [6, 6.07) is 1.85. The molecule has 2 rings (SSSR count). The molecule has 9 heteroatoms. The van der Waals surface area contributed by atoms with E-state index in [1.54, 1.807) is 16.3 Å². The molecule has 0 aromatic carbocycles. The van der Waals surface area contributed by atoms with Crippen molar-refractivity contribution in [3.05, 3.63) is 34.5 Å². The van der Waals surface area contributed by atoms with Crippen LogP contribution in [0.1, 0.15) is 22.4 Å². The maximum absolute atomic E-state index is 12.0. The van der Waals surface area contributed by atoms with Gasteiger partial charge in [0.1, 0.15) is 5.69 Å². The van der Waals surface area contributed by atoms with Crippen molar-refractivity contribution in [3.8, 4) is 0 Å². The minimum Gasteiger partial charge on any atom is -0.346 e. The van der Waals surface area contributed by atoms with Gasteiger partial charge in [0.25, 0.3) is 5.91 Å². The van der Waals surface area contributed by atoms with Crippen LogP contribution in [0.15, 0.2) is 23.8 Å². The second-order valence-corrected chi connectivity index (χ2v) is 5.21. The Hall–Kier alpha value is -1.15.